The zero-order chi connectivity index (χ0) is 14.5. The highest BCUT2D eigenvalue weighted by Crippen LogP contribution is 2.21. The fourth-order valence-electron chi connectivity index (χ4n) is 3.22. The van der Waals surface area contributed by atoms with Crippen LogP contribution in [0.25, 0.3) is 0 Å². The number of H-pyrrole nitrogens is 1. The van der Waals surface area contributed by atoms with Crippen LogP contribution in [0.3, 0.4) is 0 Å². The highest BCUT2D eigenvalue weighted by molar-refractivity contribution is 5.29. The predicted octanol–water partition coefficient (Wildman–Crippen LogP) is 1.35. The number of aromatic amines is 1. The molecule has 3 rings (SSSR count). The molecule has 0 saturated carbocycles. The molecule has 1 aromatic heterocycles. The number of hydrogen-bond donors (Lipinski definition) is 2. The molecule has 1 unspecified atom stereocenters. The van der Waals surface area contributed by atoms with E-state index in [0.717, 1.165) is 63.3 Å². The summed E-state index contributed by atoms with van der Waals surface area (Å²) in [7, 11) is 0. The van der Waals surface area contributed by atoms with Gasteiger partial charge in [-0.25, -0.2) is 0 Å². The van der Waals surface area contributed by atoms with Crippen molar-refractivity contribution in [3.63, 3.8) is 0 Å². The van der Waals surface area contributed by atoms with E-state index < -0.39 is 0 Å². The summed E-state index contributed by atoms with van der Waals surface area (Å²) in [5.41, 5.74) is 0. The van der Waals surface area contributed by atoms with E-state index in [9.17, 15) is 0 Å². The van der Waals surface area contributed by atoms with Crippen molar-refractivity contribution < 1.29 is 4.74 Å². The number of hydrogen-bond acceptors (Lipinski definition) is 5. The molecule has 6 heteroatoms. The summed E-state index contributed by atoms with van der Waals surface area (Å²) in [5.74, 6) is 2.63. The number of aromatic nitrogens is 3. The molecule has 0 amide bonds. The first-order valence-electron chi connectivity index (χ1n) is 8.33. The molecule has 1 aromatic rings. The van der Waals surface area contributed by atoms with Gasteiger partial charge < -0.3 is 15.0 Å². The lowest BCUT2D eigenvalue weighted by atomic mass is 9.97. The molecule has 2 aliphatic heterocycles. The highest BCUT2D eigenvalue weighted by Gasteiger charge is 2.23. The molecule has 0 bridgehead atoms. The third kappa shape index (κ3) is 3.95. The van der Waals surface area contributed by atoms with Gasteiger partial charge in [0.05, 0.1) is 6.10 Å². The van der Waals surface area contributed by atoms with E-state index >= 15 is 0 Å². The lowest BCUT2D eigenvalue weighted by molar-refractivity contribution is 0.110. The fraction of sp³-hybridized carbons (Fsp3) is 0.867. The quantitative estimate of drug-likeness (QED) is 0.829. The number of rotatable bonds is 6. The molecule has 2 fully saturated rings. The third-order valence-corrected chi connectivity index (χ3v) is 4.55. The zero-order valence-corrected chi connectivity index (χ0v) is 13.0. The summed E-state index contributed by atoms with van der Waals surface area (Å²) in [5, 5.41) is 10.9. The predicted molar refractivity (Wildman–Crippen MR) is 82.5 cm³/mol. The Balaban J connectivity index is 1.48. The van der Waals surface area contributed by atoms with Gasteiger partial charge in [-0.3, -0.25) is 5.10 Å². The molecule has 0 aromatic carbocycles. The van der Waals surface area contributed by atoms with E-state index in [1.807, 2.05) is 0 Å². The van der Waals surface area contributed by atoms with Gasteiger partial charge in [-0.1, -0.05) is 6.92 Å². The molecular formula is C15H27N5O. The van der Waals surface area contributed by atoms with Gasteiger partial charge in [-0.05, 0) is 44.7 Å². The Morgan fingerprint density at radius 1 is 1.33 bits per heavy atom. The Morgan fingerprint density at radius 3 is 2.90 bits per heavy atom. The molecule has 2 N–H and O–H groups in total. The smallest absolute Gasteiger partial charge is 0.244 e. The van der Waals surface area contributed by atoms with Gasteiger partial charge in [-0.2, -0.15) is 4.98 Å². The number of anilines is 1. The van der Waals surface area contributed by atoms with Gasteiger partial charge >= 0.3 is 0 Å². The average molecular weight is 293 g/mol. The van der Waals surface area contributed by atoms with Crippen molar-refractivity contribution in [1.82, 2.24) is 20.5 Å². The second-order valence-corrected chi connectivity index (χ2v) is 6.16. The summed E-state index contributed by atoms with van der Waals surface area (Å²) >= 11 is 0. The van der Waals surface area contributed by atoms with Gasteiger partial charge in [0.1, 0.15) is 5.82 Å². The maximum atomic E-state index is 5.65. The minimum atomic E-state index is 0.330. The van der Waals surface area contributed by atoms with Crippen LogP contribution in [0.15, 0.2) is 0 Å². The Hall–Kier alpha value is -1.14. The van der Waals surface area contributed by atoms with Crippen LogP contribution < -0.4 is 10.2 Å². The largest absolute Gasteiger partial charge is 0.378 e. The number of ether oxygens (including phenoxy) is 1. The molecule has 2 saturated heterocycles. The highest BCUT2D eigenvalue weighted by atomic mass is 16.5. The minimum Gasteiger partial charge on any atom is -0.378 e. The van der Waals surface area contributed by atoms with E-state index in [0.29, 0.717) is 6.10 Å². The van der Waals surface area contributed by atoms with E-state index in [2.05, 4.69) is 32.3 Å². The van der Waals surface area contributed by atoms with E-state index in [1.54, 1.807) is 0 Å². The summed E-state index contributed by atoms with van der Waals surface area (Å²) in [6, 6.07) is 0. The van der Waals surface area contributed by atoms with Crippen molar-refractivity contribution in [2.24, 2.45) is 5.92 Å². The second-order valence-electron chi connectivity index (χ2n) is 6.16. The first-order chi connectivity index (χ1) is 10.3. The van der Waals surface area contributed by atoms with Gasteiger partial charge in [0, 0.05) is 26.1 Å². The zero-order valence-electron chi connectivity index (χ0n) is 13.0. The standard InChI is InChI=1S/C15H27N5O/c1-2-16-11-12-5-7-20(8-6-12)15-17-14(18-19-15)10-13-4-3-9-21-13/h12-13,16H,2-11H2,1H3,(H,17,18,19). The molecule has 0 spiro atoms. The fourth-order valence-corrected chi connectivity index (χ4v) is 3.22. The monoisotopic (exact) mass is 293 g/mol. The van der Waals surface area contributed by atoms with Crippen LogP contribution >= 0.6 is 0 Å². The van der Waals surface area contributed by atoms with Crippen molar-refractivity contribution >= 4 is 5.95 Å². The van der Waals surface area contributed by atoms with Crippen molar-refractivity contribution in [1.29, 1.82) is 0 Å². The summed E-state index contributed by atoms with van der Waals surface area (Å²) in [4.78, 5) is 6.95. The van der Waals surface area contributed by atoms with Crippen LogP contribution in [-0.2, 0) is 11.2 Å². The van der Waals surface area contributed by atoms with E-state index in [1.165, 1.54) is 19.3 Å². The Labute approximate surface area is 126 Å². The number of piperidine rings is 1. The van der Waals surface area contributed by atoms with E-state index in [-0.39, 0.29) is 0 Å². The van der Waals surface area contributed by atoms with E-state index in [4.69, 9.17) is 4.74 Å². The maximum absolute atomic E-state index is 5.65. The van der Waals surface area contributed by atoms with Gasteiger partial charge in [0.25, 0.3) is 0 Å². The lowest BCUT2D eigenvalue weighted by Crippen LogP contribution is -2.37. The van der Waals surface area contributed by atoms with Crippen LogP contribution in [-0.4, -0.2) is 54.1 Å². The molecule has 0 aliphatic carbocycles. The molecule has 21 heavy (non-hydrogen) atoms. The molecule has 1 atom stereocenters. The van der Waals surface area contributed by atoms with Gasteiger partial charge in [0.15, 0.2) is 0 Å². The maximum Gasteiger partial charge on any atom is 0.244 e. The summed E-state index contributed by atoms with van der Waals surface area (Å²) in [6.45, 7) is 7.39. The average Bonchev–Trinajstić information content (AvgIpc) is 3.18. The number of nitrogens with one attached hydrogen (secondary N) is 2. The van der Waals surface area contributed by atoms with Crippen molar-refractivity contribution in [3.05, 3.63) is 5.82 Å². The number of nitrogens with zero attached hydrogens (tertiary/aromatic N) is 3. The second kappa shape index (κ2) is 7.22. The topological polar surface area (TPSA) is 66.1 Å². The van der Waals surface area contributed by atoms with Crippen LogP contribution in [0, 0.1) is 5.92 Å². The Kier molecular flexibility index (Phi) is 5.08. The molecule has 0 radical (unpaired) electrons. The van der Waals surface area contributed by atoms with Crippen LogP contribution in [0.5, 0.6) is 0 Å². The third-order valence-electron chi connectivity index (χ3n) is 4.55. The van der Waals surface area contributed by atoms with Crippen molar-refractivity contribution in [3.8, 4) is 0 Å². The molecular weight excluding hydrogens is 266 g/mol. The minimum absolute atomic E-state index is 0.330. The van der Waals surface area contributed by atoms with Crippen molar-refractivity contribution in [2.45, 2.75) is 45.1 Å². The van der Waals surface area contributed by atoms with Crippen LogP contribution in [0.4, 0.5) is 5.95 Å². The van der Waals surface area contributed by atoms with Gasteiger partial charge in [-0.15, -0.1) is 5.10 Å². The molecule has 2 aliphatic rings. The normalized spacial score (nSPS) is 23.9. The first kappa shape index (κ1) is 14.8. The lowest BCUT2D eigenvalue weighted by Gasteiger charge is -2.31. The Bertz CT molecular complexity index is 421. The molecule has 3 heterocycles. The summed E-state index contributed by atoms with van der Waals surface area (Å²) < 4.78 is 5.65. The van der Waals surface area contributed by atoms with Crippen molar-refractivity contribution in [2.75, 3.05) is 37.7 Å². The van der Waals surface area contributed by atoms with Crippen LogP contribution in [0.1, 0.15) is 38.4 Å². The van der Waals surface area contributed by atoms with Gasteiger partial charge in [0.2, 0.25) is 5.95 Å². The molecule has 6 nitrogen and oxygen atoms in total. The first-order valence-corrected chi connectivity index (χ1v) is 8.33. The summed E-state index contributed by atoms with van der Waals surface area (Å²) in [6.07, 6.45) is 5.96. The molecule has 118 valence electrons. The SMILES string of the molecule is CCNCC1CCN(c2n[nH]c(CC3CCCO3)n2)CC1. The Morgan fingerprint density at radius 2 is 2.19 bits per heavy atom. The van der Waals surface area contributed by atoms with Crippen LogP contribution in [0.2, 0.25) is 0 Å².